The molecule has 0 aliphatic rings. The van der Waals surface area contributed by atoms with Gasteiger partial charge in [0.25, 0.3) is 0 Å². The summed E-state index contributed by atoms with van der Waals surface area (Å²) >= 11 is 0. The Morgan fingerprint density at radius 1 is 1.27 bits per heavy atom. The number of carboxylic acids is 1. The minimum Gasteiger partial charge on any atom is -0.481 e. The van der Waals surface area contributed by atoms with Gasteiger partial charge >= 0.3 is 12.1 Å². The summed E-state index contributed by atoms with van der Waals surface area (Å²) in [5.41, 5.74) is -0.340. The number of nitrogens with one attached hydrogen (secondary N) is 1. The normalized spacial score (nSPS) is 14.2. The molecular weight excluding hydrogens is 299 g/mol. The van der Waals surface area contributed by atoms with Crippen molar-refractivity contribution in [3.63, 3.8) is 0 Å². The molecule has 0 saturated carbocycles. The molecule has 0 fully saturated rings. The van der Waals surface area contributed by atoms with E-state index in [4.69, 9.17) is 5.11 Å². The number of carboxylic acid groups (broad SMARTS) is 1. The van der Waals surface area contributed by atoms with Crippen molar-refractivity contribution in [1.29, 1.82) is 0 Å². The summed E-state index contributed by atoms with van der Waals surface area (Å²) in [6.07, 6.45) is -4.43. The molecule has 0 heterocycles. The summed E-state index contributed by atoms with van der Waals surface area (Å²) in [6.45, 7) is 3.10. The standard InChI is InChI=1S/C15H18F3NO3/c1-9(6-13(20)19-8-10(2)14(21)22)11-4-3-5-12(7-11)15(16,17)18/h3-5,7,9-10H,6,8H2,1-2H3,(H,19,20)(H,21,22). The van der Waals surface area contributed by atoms with Crippen LogP contribution in [0.3, 0.4) is 0 Å². The summed E-state index contributed by atoms with van der Waals surface area (Å²) in [5, 5.41) is 11.2. The van der Waals surface area contributed by atoms with Gasteiger partial charge in [0.1, 0.15) is 0 Å². The van der Waals surface area contributed by atoms with Gasteiger partial charge in [-0.3, -0.25) is 9.59 Å². The van der Waals surface area contributed by atoms with E-state index in [0.29, 0.717) is 5.56 Å². The maximum absolute atomic E-state index is 12.6. The molecule has 7 heteroatoms. The van der Waals surface area contributed by atoms with Crippen molar-refractivity contribution in [2.75, 3.05) is 6.54 Å². The molecule has 0 radical (unpaired) electrons. The molecule has 2 unspecified atom stereocenters. The molecule has 2 atom stereocenters. The molecule has 1 amide bonds. The molecule has 0 aliphatic heterocycles. The Bertz CT molecular complexity index is 543. The van der Waals surface area contributed by atoms with Crippen LogP contribution in [0.5, 0.6) is 0 Å². The van der Waals surface area contributed by atoms with Crippen molar-refractivity contribution in [3.05, 3.63) is 35.4 Å². The van der Waals surface area contributed by atoms with E-state index in [0.717, 1.165) is 12.1 Å². The highest BCUT2D eigenvalue weighted by Gasteiger charge is 2.30. The van der Waals surface area contributed by atoms with Gasteiger partial charge in [0.2, 0.25) is 5.91 Å². The number of hydrogen-bond donors (Lipinski definition) is 2. The monoisotopic (exact) mass is 317 g/mol. The largest absolute Gasteiger partial charge is 0.481 e. The second-order valence-corrected chi connectivity index (χ2v) is 5.27. The molecule has 1 rings (SSSR count). The highest BCUT2D eigenvalue weighted by molar-refractivity contribution is 5.78. The van der Waals surface area contributed by atoms with Gasteiger partial charge < -0.3 is 10.4 Å². The van der Waals surface area contributed by atoms with Crippen molar-refractivity contribution in [1.82, 2.24) is 5.32 Å². The van der Waals surface area contributed by atoms with E-state index in [9.17, 15) is 22.8 Å². The van der Waals surface area contributed by atoms with Crippen LogP contribution in [-0.4, -0.2) is 23.5 Å². The fourth-order valence-electron chi connectivity index (χ4n) is 1.84. The van der Waals surface area contributed by atoms with Crippen LogP contribution in [0.4, 0.5) is 13.2 Å². The molecule has 22 heavy (non-hydrogen) atoms. The molecule has 0 saturated heterocycles. The highest BCUT2D eigenvalue weighted by atomic mass is 19.4. The van der Waals surface area contributed by atoms with E-state index in [1.165, 1.54) is 19.1 Å². The van der Waals surface area contributed by atoms with Crippen LogP contribution >= 0.6 is 0 Å². The van der Waals surface area contributed by atoms with E-state index in [1.54, 1.807) is 6.92 Å². The van der Waals surface area contributed by atoms with Crippen LogP contribution in [0.1, 0.15) is 37.3 Å². The number of alkyl halides is 3. The highest BCUT2D eigenvalue weighted by Crippen LogP contribution is 2.31. The molecule has 0 spiro atoms. The van der Waals surface area contributed by atoms with Gasteiger partial charge in [-0.05, 0) is 17.5 Å². The zero-order chi connectivity index (χ0) is 16.9. The Hall–Kier alpha value is -2.05. The minimum absolute atomic E-state index is 0.00630. The SMILES string of the molecule is CC(CNC(=O)CC(C)c1cccc(C(F)(F)F)c1)C(=O)O. The topological polar surface area (TPSA) is 66.4 Å². The third-order valence-corrected chi connectivity index (χ3v) is 3.30. The molecule has 1 aromatic carbocycles. The second kappa shape index (κ2) is 7.29. The Morgan fingerprint density at radius 2 is 1.91 bits per heavy atom. The maximum atomic E-state index is 12.6. The Morgan fingerprint density at radius 3 is 2.45 bits per heavy atom. The van der Waals surface area contributed by atoms with Gasteiger partial charge in [0, 0.05) is 13.0 Å². The first kappa shape index (κ1) is 18.0. The van der Waals surface area contributed by atoms with E-state index >= 15 is 0 Å². The van der Waals surface area contributed by atoms with Crippen molar-refractivity contribution >= 4 is 11.9 Å². The molecule has 2 N–H and O–H groups in total. The van der Waals surface area contributed by atoms with E-state index < -0.39 is 35.5 Å². The number of benzene rings is 1. The number of hydrogen-bond acceptors (Lipinski definition) is 2. The number of amides is 1. The fourth-order valence-corrected chi connectivity index (χ4v) is 1.84. The van der Waals surface area contributed by atoms with Crippen LogP contribution in [0.25, 0.3) is 0 Å². The summed E-state index contributed by atoms with van der Waals surface area (Å²) < 4.78 is 37.9. The minimum atomic E-state index is -4.42. The Balaban J connectivity index is 2.63. The molecular formula is C15H18F3NO3. The molecule has 0 bridgehead atoms. The van der Waals surface area contributed by atoms with Crippen molar-refractivity contribution in [2.24, 2.45) is 5.92 Å². The zero-order valence-corrected chi connectivity index (χ0v) is 12.3. The lowest BCUT2D eigenvalue weighted by Crippen LogP contribution is -2.32. The van der Waals surface area contributed by atoms with E-state index in [-0.39, 0.29) is 13.0 Å². The van der Waals surface area contributed by atoms with Crippen LogP contribution in [0, 0.1) is 5.92 Å². The zero-order valence-electron chi connectivity index (χ0n) is 12.3. The van der Waals surface area contributed by atoms with Gasteiger partial charge in [-0.25, -0.2) is 0 Å². The molecule has 0 aromatic heterocycles. The predicted molar refractivity (Wildman–Crippen MR) is 74.3 cm³/mol. The number of rotatable bonds is 6. The number of aliphatic carboxylic acids is 1. The third kappa shape index (κ3) is 5.38. The smallest absolute Gasteiger partial charge is 0.416 e. The lowest BCUT2D eigenvalue weighted by atomic mass is 9.95. The second-order valence-electron chi connectivity index (χ2n) is 5.27. The lowest BCUT2D eigenvalue weighted by molar-refractivity contribution is -0.141. The number of carbonyl (C=O) groups is 2. The molecule has 0 aliphatic carbocycles. The first-order valence-corrected chi connectivity index (χ1v) is 6.78. The quantitative estimate of drug-likeness (QED) is 0.847. The average molecular weight is 317 g/mol. The summed E-state index contributed by atoms with van der Waals surface area (Å²) in [4.78, 5) is 22.3. The maximum Gasteiger partial charge on any atom is 0.416 e. The first-order valence-electron chi connectivity index (χ1n) is 6.78. The van der Waals surface area contributed by atoms with Crippen LogP contribution < -0.4 is 5.32 Å². The fraction of sp³-hybridized carbons (Fsp3) is 0.467. The van der Waals surface area contributed by atoms with Crippen LogP contribution in [0.15, 0.2) is 24.3 Å². The van der Waals surface area contributed by atoms with Crippen LogP contribution in [-0.2, 0) is 15.8 Å². The van der Waals surface area contributed by atoms with Gasteiger partial charge in [0.15, 0.2) is 0 Å². The molecule has 1 aromatic rings. The van der Waals surface area contributed by atoms with Crippen LogP contribution in [0.2, 0.25) is 0 Å². The first-order chi connectivity index (χ1) is 10.1. The van der Waals surface area contributed by atoms with Gasteiger partial charge in [-0.2, -0.15) is 13.2 Å². The van der Waals surface area contributed by atoms with E-state index in [1.807, 2.05) is 0 Å². The summed E-state index contributed by atoms with van der Waals surface area (Å²) in [7, 11) is 0. The van der Waals surface area contributed by atoms with E-state index in [2.05, 4.69) is 5.32 Å². The summed E-state index contributed by atoms with van der Waals surface area (Å²) in [5.74, 6) is -2.53. The van der Waals surface area contributed by atoms with Gasteiger partial charge in [-0.1, -0.05) is 32.0 Å². The Kier molecular flexibility index (Phi) is 5.96. The average Bonchev–Trinajstić information content (AvgIpc) is 2.43. The van der Waals surface area contributed by atoms with Crippen molar-refractivity contribution in [2.45, 2.75) is 32.4 Å². The van der Waals surface area contributed by atoms with Crippen molar-refractivity contribution < 1.29 is 27.9 Å². The third-order valence-electron chi connectivity index (χ3n) is 3.30. The molecule has 4 nitrogen and oxygen atoms in total. The summed E-state index contributed by atoms with van der Waals surface area (Å²) in [6, 6.07) is 4.84. The lowest BCUT2D eigenvalue weighted by Gasteiger charge is -2.15. The van der Waals surface area contributed by atoms with Gasteiger partial charge in [0.05, 0.1) is 11.5 Å². The Labute approximate surface area is 126 Å². The number of carbonyl (C=O) groups excluding carboxylic acids is 1. The predicted octanol–water partition coefficient (Wildman–Crippen LogP) is 3.04. The molecule has 122 valence electrons. The van der Waals surface area contributed by atoms with Crippen molar-refractivity contribution in [3.8, 4) is 0 Å². The number of halogens is 3. The van der Waals surface area contributed by atoms with Gasteiger partial charge in [-0.15, -0.1) is 0 Å².